The zero-order valence-corrected chi connectivity index (χ0v) is 14.3. The van der Waals surface area contributed by atoms with Crippen molar-refractivity contribution in [3.05, 3.63) is 108 Å². The number of benzene rings is 3. The molecule has 0 aliphatic heterocycles. The van der Waals surface area contributed by atoms with Crippen LogP contribution in [0.2, 0.25) is 0 Å². The highest BCUT2D eigenvalue weighted by molar-refractivity contribution is 5.97. The highest BCUT2D eigenvalue weighted by Crippen LogP contribution is 2.14. The predicted molar refractivity (Wildman–Crippen MR) is 101 cm³/mol. The van der Waals surface area contributed by atoms with Gasteiger partial charge in [0.05, 0.1) is 0 Å². The number of rotatable bonds is 6. The largest absolute Gasteiger partial charge is 0.350 e. The van der Waals surface area contributed by atoms with E-state index in [4.69, 9.17) is 0 Å². The molecule has 0 aliphatic carbocycles. The molecule has 26 heavy (non-hydrogen) atoms. The minimum absolute atomic E-state index is 0.246. The van der Waals surface area contributed by atoms with E-state index in [1.807, 2.05) is 66.7 Å². The van der Waals surface area contributed by atoms with Crippen LogP contribution in [0.4, 0.5) is 0 Å². The smallest absolute Gasteiger partial charge is 0.252 e. The molecule has 1 atom stereocenters. The summed E-state index contributed by atoms with van der Waals surface area (Å²) in [6, 6.07) is 27.0. The first-order chi connectivity index (χ1) is 12.7. The lowest BCUT2D eigenvalue weighted by Gasteiger charge is -2.19. The second-order valence-corrected chi connectivity index (χ2v) is 5.89. The van der Waals surface area contributed by atoms with Crippen LogP contribution < -0.4 is 10.6 Å². The molecule has 0 heterocycles. The summed E-state index contributed by atoms with van der Waals surface area (Å²) in [7, 11) is 0. The van der Waals surface area contributed by atoms with Crippen molar-refractivity contribution < 1.29 is 9.59 Å². The van der Waals surface area contributed by atoms with Gasteiger partial charge in [-0.2, -0.15) is 0 Å². The maximum atomic E-state index is 12.8. The first-order valence-electron chi connectivity index (χ1n) is 8.46. The van der Waals surface area contributed by atoms with Crippen LogP contribution in [0.3, 0.4) is 0 Å². The summed E-state index contributed by atoms with van der Waals surface area (Å²) in [4.78, 5) is 25.3. The van der Waals surface area contributed by atoms with Crippen LogP contribution in [-0.4, -0.2) is 11.8 Å². The van der Waals surface area contributed by atoms with Crippen molar-refractivity contribution in [3.8, 4) is 0 Å². The van der Waals surface area contributed by atoms with Crippen molar-refractivity contribution >= 4 is 11.8 Å². The molecule has 0 saturated heterocycles. The summed E-state index contributed by atoms with van der Waals surface area (Å²) in [6.07, 6.45) is 0. The van der Waals surface area contributed by atoms with E-state index < -0.39 is 6.04 Å². The lowest BCUT2D eigenvalue weighted by molar-refractivity contribution is -0.123. The molecule has 3 rings (SSSR count). The van der Waals surface area contributed by atoms with Gasteiger partial charge in [0, 0.05) is 12.1 Å². The van der Waals surface area contributed by atoms with Gasteiger partial charge in [-0.3, -0.25) is 9.59 Å². The molecule has 0 bridgehead atoms. The molecule has 3 aromatic carbocycles. The third-order valence-electron chi connectivity index (χ3n) is 4.02. The van der Waals surface area contributed by atoms with Crippen LogP contribution in [0.15, 0.2) is 91.0 Å². The van der Waals surface area contributed by atoms with Crippen molar-refractivity contribution in [2.45, 2.75) is 12.6 Å². The molecule has 0 fully saturated rings. The van der Waals surface area contributed by atoms with Crippen LogP contribution in [-0.2, 0) is 11.3 Å². The Morgan fingerprint density at radius 2 is 1.27 bits per heavy atom. The van der Waals surface area contributed by atoms with Crippen molar-refractivity contribution in [3.63, 3.8) is 0 Å². The van der Waals surface area contributed by atoms with Gasteiger partial charge in [0.25, 0.3) is 5.91 Å². The van der Waals surface area contributed by atoms with Crippen LogP contribution in [0.25, 0.3) is 0 Å². The summed E-state index contributed by atoms with van der Waals surface area (Å²) in [5, 5.41) is 5.74. The maximum Gasteiger partial charge on any atom is 0.252 e. The Morgan fingerprint density at radius 1 is 0.731 bits per heavy atom. The quantitative estimate of drug-likeness (QED) is 0.719. The fourth-order valence-corrected chi connectivity index (χ4v) is 2.64. The zero-order chi connectivity index (χ0) is 18.2. The van der Waals surface area contributed by atoms with Crippen molar-refractivity contribution in [2.75, 3.05) is 0 Å². The van der Waals surface area contributed by atoms with Gasteiger partial charge in [-0.25, -0.2) is 0 Å². The number of carbonyl (C=O) groups is 2. The van der Waals surface area contributed by atoms with Gasteiger partial charge >= 0.3 is 0 Å². The first-order valence-corrected chi connectivity index (χ1v) is 8.46. The number of nitrogens with one attached hydrogen (secondary N) is 2. The van der Waals surface area contributed by atoms with Crippen LogP contribution in [0, 0.1) is 0 Å². The molecule has 1 unspecified atom stereocenters. The van der Waals surface area contributed by atoms with E-state index in [0.29, 0.717) is 12.1 Å². The summed E-state index contributed by atoms with van der Waals surface area (Å²) in [5.74, 6) is -0.529. The average molecular weight is 344 g/mol. The average Bonchev–Trinajstić information content (AvgIpc) is 2.72. The Kier molecular flexibility index (Phi) is 5.78. The third-order valence-corrected chi connectivity index (χ3v) is 4.02. The Bertz CT molecular complexity index is 849. The topological polar surface area (TPSA) is 58.2 Å². The van der Waals surface area contributed by atoms with E-state index in [-0.39, 0.29) is 11.8 Å². The third kappa shape index (κ3) is 4.57. The van der Waals surface area contributed by atoms with Crippen LogP contribution in [0.1, 0.15) is 27.5 Å². The summed E-state index contributed by atoms with van der Waals surface area (Å²) in [5.41, 5.74) is 2.26. The van der Waals surface area contributed by atoms with Crippen molar-refractivity contribution in [1.82, 2.24) is 10.6 Å². The maximum absolute atomic E-state index is 12.8. The summed E-state index contributed by atoms with van der Waals surface area (Å²) < 4.78 is 0. The minimum atomic E-state index is -0.757. The van der Waals surface area contributed by atoms with Gasteiger partial charge in [0.1, 0.15) is 6.04 Å². The van der Waals surface area contributed by atoms with Crippen LogP contribution in [0.5, 0.6) is 0 Å². The van der Waals surface area contributed by atoms with Crippen molar-refractivity contribution in [2.24, 2.45) is 0 Å². The molecule has 3 aromatic rings. The molecule has 0 aliphatic rings. The first kappa shape index (κ1) is 17.4. The SMILES string of the molecule is O=C(NC(C(=O)NCc1ccccc1)c1ccccc1)c1ccccc1. The molecule has 0 spiro atoms. The van der Waals surface area contributed by atoms with E-state index in [1.54, 1.807) is 24.3 Å². The molecule has 2 N–H and O–H groups in total. The second-order valence-electron chi connectivity index (χ2n) is 5.89. The number of hydrogen-bond donors (Lipinski definition) is 2. The monoisotopic (exact) mass is 344 g/mol. The molecule has 2 amide bonds. The Morgan fingerprint density at radius 3 is 1.88 bits per heavy atom. The van der Waals surface area contributed by atoms with E-state index in [2.05, 4.69) is 10.6 Å². The zero-order valence-electron chi connectivity index (χ0n) is 14.3. The van der Waals surface area contributed by atoms with Gasteiger partial charge < -0.3 is 10.6 Å². The van der Waals surface area contributed by atoms with E-state index in [1.165, 1.54) is 0 Å². The number of amides is 2. The lowest BCUT2D eigenvalue weighted by Crippen LogP contribution is -2.40. The van der Waals surface area contributed by atoms with E-state index in [0.717, 1.165) is 11.1 Å². The molecular formula is C22H20N2O2. The van der Waals surface area contributed by atoms with E-state index in [9.17, 15) is 9.59 Å². The van der Waals surface area contributed by atoms with E-state index >= 15 is 0 Å². The molecule has 130 valence electrons. The van der Waals surface area contributed by atoms with Gasteiger partial charge in [-0.05, 0) is 23.3 Å². The highest BCUT2D eigenvalue weighted by atomic mass is 16.2. The van der Waals surface area contributed by atoms with Crippen LogP contribution >= 0.6 is 0 Å². The standard InChI is InChI=1S/C22H20N2O2/c25-21(19-14-8-3-9-15-19)24-20(18-12-6-2-7-13-18)22(26)23-16-17-10-4-1-5-11-17/h1-15,20H,16H2,(H,23,26)(H,24,25). The summed E-state index contributed by atoms with van der Waals surface area (Å²) in [6.45, 7) is 0.407. The molecule has 4 heteroatoms. The molecule has 0 aromatic heterocycles. The minimum Gasteiger partial charge on any atom is -0.350 e. The number of hydrogen-bond acceptors (Lipinski definition) is 2. The lowest BCUT2D eigenvalue weighted by atomic mass is 10.1. The molecular weight excluding hydrogens is 324 g/mol. The predicted octanol–water partition coefficient (Wildman–Crippen LogP) is 3.47. The summed E-state index contributed by atoms with van der Waals surface area (Å²) >= 11 is 0. The normalized spacial score (nSPS) is 11.4. The fourth-order valence-electron chi connectivity index (χ4n) is 2.64. The fraction of sp³-hybridized carbons (Fsp3) is 0.0909. The molecule has 0 radical (unpaired) electrons. The molecule has 0 saturated carbocycles. The highest BCUT2D eigenvalue weighted by Gasteiger charge is 2.22. The number of carbonyl (C=O) groups excluding carboxylic acids is 2. The Labute approximate surface area is 152 Å². The molecule has 4 nitrogen and oxygen atoms in total. The Balaban J connectivity index is 1.75. The second kappa shape index (κ2) is 8.62. The van der Waals surface area contributed by atoms with Crippen molar-refractivity contribution in [1.29, 1.82) is 0 Å². The van der Waals surface area contributed by atoms with Gasteiger partial charge in [0.2, 0.25) is 5.91 Å². The van der Waals surface area contributed by atoms with Gasteiger partial charge in [-0.1, -0.05) is 78.9 Å². The van der Waals surface area contributed by atoms with Gasteiger partial charge in [0.15, 0.2) is 0 Å². The van der Waals surface area contributed by atoms with Gasteiger partial charge in [-0.15, -0.1) is 0 Å². The Hall–Kier alpha value is -3.40.